The molecule has 2 aromatic carbocycles. The normalized spacial score (nSPS) is 10.7. The van der Waals surface area contributed by atoms with E-state index in [9.17, 15) is 9.59 Å². The monoisotopic (exact) mass is 479 g/mol. The van der Waals surface area contributed by atoms with Crippen molar-refractivity contribution in [3.63, 3.8) is 0 Å². The van der Waals surface area contributed by atoms with Crippen LogP contribution in [0.2, 0.25) is 5.02 Å². The van der Waals surface area contributed by atoms with Crippen molar-refractivity contribution in [2.45, 2.75) is 20.0 Å². The summed E-state index contributed by atoms with van der Waals surface area (Å²) in [4.78, 5) is 33.5. The van der Waals surface area contributed by atoms with E-state index < -0.39 is 11.4 Å². The van der Waals surface area contributed by atoms with Crippen molar-refractivity contribution in [3.05, 3.63) is 98.4 Å². The molecule has 0 saturated heterocycles. The van der Waals surface area contributed by atoms with E-state index in [4.69, 9.17) is 21.1 Å². The lowest BCUT2D eigenvalue weighted by molar-refractivity contribution is 0.392. The number of hydrogen-bond acceptors (Lipinski definition) is 7. The largest absolute Gasteiger partial charge is 0.481 e. The van der Waals surface area contributed by atoms with Crippen LogP contribution in [0.1, 0.15) is 12.5 Å². The van der Waals surface area contributed by atoms with Crippen LogP contribution < -0.4 is 26.2 Å². The van der Waals surface area contributed by atoms with Crippen LogP contribution in [0.4, 0.5) is 11.6 Å². The second kappa shape index (κ2) is 10.2. The second-order valence-electron chi connectivity index (χ2n) is 7.24. The van der Waals surface area contributed by atoms with Gasteiger partial charge < -0.3 is 14.8 Å². The van der Waals surface area contributed by atoms with Gasteiger partial charge >= 0.3 is 11.4 Å². The minimum atomic E-state index is -0.617. The number of nitrogens with zero attached hydrogens (tertiary/aromatic N) is 4. The van der Waals surface area contributed by atoms with Gasteiger partial charge in [-0.2, -0.15) is 4.98 Å². The average Bonchev–Trinajstić information content (AvgIpc) is 2.84. The van der Waals surface area contributed by atoms with Gasteiger partial charge in [-0.3, -0.25) is 4.57 Å². The van der Waals surface area contributed by atoms with Gasteiger partial charge in [0.25, 0.3) is 0 Å². The average molecular weight is 480 g/mol. The van der Waals surface area contributed by atoms with Gasteiger partial charge in [-0.15, -0.1) is 0 Å². The highest BCUT2D eigenvalue weighted by atomic mass is 35.5. The van der Waals surface area contributed by atoms with Crippen molar-refractivity contribution in [1.82, 2.24) is 19.1 Å². The van der Waals surface area contributed by atoms with E-state index in [1.54, 1.807) is 61.7 Å². The number of ether oxygens (including phenoxy) is 2. The second-order valence-corrected chi connectivity index (χ2v) is 7.68. The Kier molecular flexibility index (Phi) is 6.93. The molecule has 0 atom stereocenters. The summed E-state index contributed by atoms with van der Waals surface area (Å²) < 4.78 is 13.4. The molecule has 0 aliphatic rings. The predicted molar refractivity (Wildman–Crippen MR) is 130 cm³/mol. The van der Waals surface area contributed by atoms with E-state index in [1.165, 1.54) is 11.7 Å². The highest BCUT2D eigenvalue weighted by Crippen LogP contribution is 2.25. The van der Waals surface area contributed by atoms with Gasteiger partial charge in [-0.25, -0.2) is 19.1 Å². The molecule has 0 radical (unpaired) electrons. The van der Waals surface area contributed by atoms with E-state index in [-0.39, 0.29) is 19.0 Å². The van der Waals surface area contributed by atoms with Crippen molar-refractivity contribution in [2.75, 3.05) is 12.4 Å². The molecule has 2 heterocycles. The molecule has 0 fully saturated rings. The molecule has 0 aliphatic carbocycles. The van der Waals surface area contributed by atoms with E-state index in [1.807, 2.05) is 12.1 Å². The summed E-state index contributed by atoms with van der Waals surface area (Å²) in [6.07, 6.45) is 1.59. The molecule has 0 amide bonds. The highest BCUT2D eigenvalue weighted by Gasteiger charge is 2.13. The van der Waals surface area contributed by atoms with Gasteiger partial charge in [0.1, 0.15) is 11.5 Å². The number of pyridine rings is 1. The molecule has 10 heteroatoms. The van der Waals surface area contributed by atoms with Crippen molar-refractivity contribution < 1.29 is 9.47 Å². The minimum absolute atomic E-state index is 0.141. The molecule has 34 heavy (non-hydrogen) atoms. The number of aromatic nitrogens is 4. The molecular formula is C24H22ClN5O4. The topological polar surface area (TPSA) is 100 Å². The zero-order valence-electron chi connectivity index (χ0n) is 18.6. The summed E-state index contributed by atoms with van der Waals surface area (Å²) in [5, 5.41) is 3.67. The van der Waals surface area contributed by atoms with E-state index >= 15 is 0 Å². The molecule has 9 nitrogen and oxygen atoms in total. The maximum Gasteiger partial charge on any atom is 0.354 e. The lowest BCUT2D eigenvalue weighted by Crippen LogP contribution is -2.42. The third-order valence-electron chi connectivity index (χ3n) is 4.98. The number of hydrogen-bond donors (Lipinski definition) is 1. The van der Waals surface area contributed by atoms with Crippen LogP contribution in [-0.4, -0.2) is 26.2 Å². The number of methoxy groups -OCH3 is 1. The smallest absolute Gasteiger partial charge is 0.354 e. The first-order chi connectivity index (χ1) is 16.5. The Hall–Kier alpha value is -4.11. The summed E-state index contributed by atoms with van der Waals surface area (Å²) in [5.41, 5.74) is 0.403. The van der Waals surface area contributed by atoms with Gasteiger partial charge in [0.2, 0.25) is 11.8 Å². The number of rotatable bonds is 8. The predicted octanol–water partition coefficient (Wildman–Crippen LogP) is 4.07. The fourth-order valence-corrected chi connectivity index (χ4v) is 3.37. The molecule has 0 aliphatic heterocycles. The summed E-state index contributed by atoms with van der Waals surface area (Å²) in [6.45, 7) is 2.16. The molecule has 1 N–H and O–H groups in total. The lowest BCUT2D eigenvalue weighted by Gasteiger charge is -2.15. The first-order valence-electron chi connectivity index (χ1n) is 10.5. The standard InChI is InChI=1S/C24H22ClN5O4/c1-3-29-23(31)28-22(30(24(29)32)15-16-4-6-17(25)7-5-16)27-18-8-10-19(11-9-18)34-20-12-13-26-21(14-20)33-2/h4-14H,3,15H2,1-2H3,(H,27,28,31). The lowest BCUT2D eigenvalue weighted by atomic mass is 10.2. The Morgan fingerprint density at radius 2 is 1.71 bits per heavy atom. The molecule has 2 aromatic heterocycles. The third kappa shape index (κ3) is 5.26. The van der Waals surface area contributed by atoms with Crippen LogP contribution in [0, 0.1) is 0 Å². The Bertz CT molecular complexity index is 1400. The summed E-state index contributed by atoms with van der Waals surface area (Å²) in [6, 6.07) is 17.6. The van der Waals surface area contributed by atoms with Crippen molar-refractivity contribution in [1.29, 1.82) is 0 Å². The molecule has 0 bridgehead atoms. The number of benzene rings is 2. The van der Waals surface area contributed by atoms with Crippen LogP contribution in [0.3, 0.4) is 0 Å². The zero-order valence-corrected chi connectivity index (χ0v) is 19.3. The van der Waals surface area contributed by atoms with Crippen molar-refractivity contribution in [3.8, 4) is 17.4 Å². The summed E-state index contributed by atoms with van der Waals surface area (Å²) >= 11 is 5.97. The van der Waals surface area contributed by atoms with Gasteiger partial charge in [0, 0.05) is 29.5 Å². The Balaban J connectivity index is 1.60. The third-order valence-corrected chi connectivity index (χ3v) is 5.23. The molecule has 4 aromatic rings. The van der Waals surface area contributed by atoms with Crippen molar-refractivity contribution >= 4 is 23.2 Å². The number of nitrogens with one attached hydrogen (secondary N) is 1. The van der Waals surface area contributed by atoms with E-state index in [0.717, 1.165) is 10.1 Å². The van der Waals surface area contributed by atoms with Crippen LogP contribution in [-0.2, 0) is 13.1 Å². The molecule has 0 unspecified atom stereocenters. The molecule has 174 valence electrons. The van der Waals surface area contributed by atoms with Crippen LogP contribution >= 0.6 is 11.6 Å². The fraction of sp³-hybridized carbons (Fsp3) is 0.167. The van der Waals surface area contributed by atoms with Gasteiger partial charge in [0.15, 0.2) is 0 Å². The Morgan fingerprint density at radius 1 is 0.971 bits per heavy atom. The molecular weight excluding hydrogens is 458 g/mol. The van der Waals surface area contributed by atoms with Crippen molar-refractivity contribution in [2.24, 2.45) is 0 Å². The Labute approximate surface area is 200 Å². The summed E-state index contributed by atoms with van der Waals surface area (Å²) in [7, 11) is 1.53. The molecule has 4 rings (SSSR count). The van der Waals surface area contributed by atoms with E-state index in [0.29, 0.717) is 28.1 Å². The highest BCUT2D eigenvalue weighted by molar-refractivity contribution is 6.30. The van der Waals surface area contributed by atoms with Crippen LogP contribution in [0.25, 0.3) is 0 Å². The van der Waals surface area contributed by atoms with Gasteiger partial charge in [0.05, 0.1) is 13.7 Å². The van der Waals surface area contributed by atoms with E-state index in [2.05, 4.69) is 15.3 Å². The first kappa shape index (κ1) is 23.1. The fourth-order valence-electron chi connectivity index (χ4n) is 3.25. The maximum absolute atomic E-state index is 13.0. The number of anilines is 2. The molecule has 0 spiro atoms. The SMILES string of the molecule is CCn1c(=O)nc(Nc2ccc(Oc3ccnc(OC)c3)cc2)n(Cc2ccc(Cl)cc2)c1=O. The minimum Gasteiger partial charge on any atom is -0.481 e. The van der Waals surface area contributed by atoms with Crippen LogP contribution in [0.5, 0.6) is 17.4 Å². The Morgan fingerprint density at radius 3 is 2.38 bits per heavy atom. The van der Waals surface area contributed by atoms with Crippen LogP contribution in [0.15, 0.2) is 76.4 Å². The summed E-state index contributed by atoms with van der Waals surface area (Å²) in [5.74, 6) is 1.76. The van der Waals surface area contributed by atoms with Gasteiger partial charge in [-0.05, 0) is 55.0 Å². The number of halogens is 1. The molecule has 0 saturated carbocycles. The maximum atomic E-state index is 13.0. The first-order valence-corrected chi connectivity index (χ1v) is 10.9. The van der Waals surface area contributed by atoms with Gasteiger partial charge in [-0.1, -0.05) is 23.7 Å². The quantitative estimate of drug-likeness (QED) is 0.406. The zero-order chi connectivity index (χ0) is 24.1.